The lowest BCUT2D eigenvalue weighted by Gasteiger charge is -2.44. The summed E-state index contributed by atoms with van der Waals surface area (Å²) in [6.07, 6.45) is 0.839. The van der Waals surface area contributed by atoms with E-state index in [0.717, 1.165) is 16.8 Å². The lowest BCUT2D eigenvalue weighted by molar-refractivity contribution is -0.137. The normalized spacial score (nSPS) is 27.2. The summed E-state index contributed by atoms with van der Waals surface area (Å²) in [4.78, 5) is 51.9. The topological polar surface area (TPSA) is 108 Å². The number of fused-ring (bicyclic) bond motifs is 5. The molecule has 5 aliphatic rings. The third-order valence-electron chi connectivity index (χ3n) is 8.82. The van der Waals surface area contributed by atoms with Gasteiger partial charge in [0, 0.05) is 35.3 Å². The smallest absolute Gasteiger partial charge is 0.273 e. The summed E-state index contributed by atoms with van der Waals surface area (Å²) < 4.78 is 38.0. The summed E-state index contributed by atoms with van der Waals surface area (Å²) in [5, 5.41) is 5.06. The number of rotatable bonds is 3. The van der Waals surface area contributed by atoms with Crippen molar-refractivity contribution in [1.82, 2.24) is 15.1 Å². The van der Waals surface area contributed by atoms with Crippen molar-refractivity contribution in [2.24, 2.45) is 0 Å². The minimum Gasteiger partial charge on any atom is -0.492 e. The zero-order valence-electron chi connectivity index (χ0n) is 21.0. The Morgan fingerprint density at radius 1 is 1.05 bits per heavy atom. The number of hydrogen-bond acceptors (Lipinski definition) is 6. The summed E-state index contributed by atoms with van der Waals surface area (Å²) in [6.45, 7) is 0.236. The summed E-state index contributed by atoms with van der Waals surface area (Å²) in [6, 6.07) is 7.95. The number of likely N-dealkylation sites (tertiary alicyclic amines) is 1. The van der Waals surface area contributed by atoms with E-state index in [1.807, 2.05) is 18.2 Å². The Morgan fingerprint density at radius 2 is 1.90 bits per heavy atom. The highest BCUT2D eigenvalue weighted by molar-refractivity contribution is 6.06. The van der Waals surface area contributed by atoms with Gasteiger partial charge in [-0.3, -0.25) is 29.4 Å². The predicted molar refractivity (Wildman–Crippen MR) is 133 cm³/mol. The molecule has 9 nitrogen and oxygen atoms in total. The monoisotopic (exact) mass is 536 g/mol. The van der Waals surface area contributed by atoms with E-state index in [1.165, 1.54) is 4.90 Å². The molecule has 0 radical (unpaired) electrons. The molecule has 11 heteroatoms. The van der Waals surface area contributed by atoms with Crippen LogP contribution < -0.4 is 15.4 Å². The van der Waals surface area contributed by atoms with Crippen LogP contribution in [0.1, 0.15) is 51.9 Å². The Labute approximate surface area is 222 Å². The molecule has 1 spiro atoms. The van der Waals surface area contributed by atoms with Gasteiger partial charge in [0.1, 0.15) is 18.4 Å². The molecule has 39 heavy (non-hydrogen) atoms. The molecule has 2 aromatic carbocycles. The van der Waals surface area contributed by atoms with E-state index in [1.54, 1.807) is 17.0 Å². The standard InChI is InChI=1S/C28H26F2N4O5/c29-28(30)13-33(11-15-1-4-20-16(9-15)10-23(36)31-20)8-7-27(28)14-39-24-18-12-34(21-5-6-22(35)32-25(21)37)26(38)17(18)2-3-19(24)27/h1-4,9,21H,5-8,10-14H2,(H,31,36)(H,32,35,37)/t21-,27?/m0/s1. The molecule has 0 bridgehead atoms. The van der Waals surface area contributed by atoms with Crippen molar-refractivity contribution in [3.63, 3.8) is 0 Å². The largest absolute Gasteiger partial charge is 0.492 e. The lowest BCUT2D eigenvalue weighted by Crippen LogP contribution is -2.58. The van der Waals surface area contributed by atoms with Gasteiger partial charge in [0.15, 0.2) is 0 Å². The maximum Gasteiger partial charge on any atom is 0.273 e. The molecule has 202 valence electrons. The number of nitrogens with one attached hydrogen (secondary N) is 2. The molecule has 5 aliphatic heterocycles. The second-order valence-electron chi connectivity index (χ2n) is 11.1. The van der Waals surface area contributed by atoms with E-state index in [2.05, 4.69) is 10.6 Å². The fourth-order valence-electron chi connectivity index (χ4n) is 6.75. The molecule has 2 N–H and O–H groups in total. The maximum absolute atomic E-state index is 16.0. The Hall–Kier alpha value is -3.86. The molecule has 2 fully saturated rings. The number of alkyl halides is 2. The van der Waals surface area contributed by atoms with E-state index in [4.69, 9.17) is 4.74 Å². The van der Waals surface area contributed by atoms with Crippen LogP contribution in [0.5, 0.6) is 5.75 Å². The van der Waals surface area contributed by atoms with Crippen LogP contribution >= 0.6 is 0 Å². The van der Waals surface area contributed by atoms with Gasteiger partial charge >= 0.3 is 0 Å². The van der Waals surface area contributed by atoms with Gasteiger partial charge in [-0.2, -0.15) is 0 Å². The third kappa shape index (κ3) is 3.59. The van der Waals surface area contributed by atoms with Gasteiger partial charge in [-0.1, -0.05) is 18.2 Å². The van der Waals surface area contributed by atoms with Gasteiger partial charge in [0.25, 0.3) is 11.8 Å². The van der Waals surface area contributed by atoms with Gasteiger partial charge in [-0.15, -0.1) is 0 Å². The quantitative estimate of drug-likeness (QED) is 0.582. The zero-order valence-corrected chi connectivity index (χ0v) is 21.0. The first-order valence-corrected chi connectivity index (χ1v) is 13.1. The molecule has 2 aromatic rings. The van der Waals surface area contributed by atoms with Gasteiger partial charge in [-0.25, -0.2) is 8.78 Å². The van der Waals surface area contributed by atoms with Gasteiger partial charge < -0.3 is 15.0 Å². The van der Waals surface area contributed by atoms with Crippen LogP contribution in [-0.2, 0) is 39.3 Å². The third-order valence-corrected chi connectivity index (χ3v) is 8.82. The molecular formula is C28H26F2N4O5. The molecule has 7 rings (SSSR count). The van der Waals surface area contributed by atoms with Crippen molar-refractivity contribution in [3.8, 4) is 5.75 Å². The number of imide groups is 1. The number of benzene rings is 2. The number of piperidine rings is 2. The molecule has 0 aromatic heterocycles. The van der Waals surface area contributed by atoms with Gasteiger partial charge in [0.2, 0.25) is 17.7 Å². The van der Waals surface area contributed by atoms with Crippen LogP contribution in [0.4, 0.5) is 14.5 Å². The fraction of sp³-hybridized carbons (Fsp3) is 0.429. The van der Waals surface area contributed by atoms with Crippen LogP contribution in [0.15, 0.2) is 30.3 Å². The van der Waals surface area contributed by atoms with Gasteiger partial charge in [0.05, 0.1) is 24.9 Å². The number of amides is 4. The number of halogens is 2. The summed E-state index contributed by atoms with van der Waals surface area (Å²) in [5.74, 6) is -4.10. The first kappa shape index (κ1) is 24.2. The number of nitrogens with zero attached hydrogens (tertiary/aromatic N) is 2. The SMILES string of the molecule is O=C1CC[C@H](N2Cc3c(ccc4c3OCC43CCN(Cc4ccc5c(c4)CC(=O)N5)CC3(F)F)C2=O)C(=O)N1. The number of ether oxygens (including phenoxy) is 1. The van der Waals surface area contributed by atoms with Crippen molar-refractivity contribution in [1.29, 1.82) is 0 Å². The second-order valence-corrected chi connectivity index (χ2v) is 11.1. The number of anilines is 1. The summed E-state index contributed by atoms with van der Waals surface area (Å²) in [7, 11) is 0. The summed E-state index contributed by atoms with van der Waals surface area (Å²) in [5.41, 5.74) is 2.31. The molecular weight excluding hydrogens is 510 g/mol. The van der Waals surface area contributed by atoms with Crippen LogP contribution in [-0.4, -0.2) is 65.1 Å². The average molecular weight is 537 g/mol. The van der Waals surface area contributed by atoms with E-state index in [9.17, 15) is 19.2 Å². The Kier molecular flexibility index (Phi) is 5.16. The van der Waals surface area contributed by atoms with Crippen LogP contribution in [0, 0.1) is 0 Å². The zero-order chi connectivity index (χ0) is 27.1. The number of hydrogen-bond donors (Lipinski definition) is 2. The first-order valence-electron chi connectivity index (χ1n) is 13.1. The highest BCUT2D eigenvalue weighted by Crippen LogP contribution is 2.55. The second kappa shape index (κ2) is 8.32. The van der Waals surface area contributed by atoms with E-state index in [-0.39, 0.29) is 50.1 Å². The van der Waals surface area contributed by atoms with E-state index >= 15 is 8.78 Å². The highest BCUT2D eigenvalue weighted by Gasteiger charge is 2.62. The maximum atomic E-state index is 16.0. The minimum atomic E-state index is -3.09. The summed E-state index contributed by atoms with van der Waals surface area (Å²) >= 11 is 0. The fourth-order valence-corrected chi connectivity index (χ4v) is 6.75. The van der Waals surface area contributed by atoms with Crippen molar-refractivity contribution >= 4 is 29.3 Å². The van der Waals surface area contributed by atoms with Crippen LogP contribution in [0.3, 0.4) is 0 Å². The van der Waals surface area contributed by atoms with E-state index < -0.39 is 29.8 Å². The van der Waals surface area contributed by atoms with Crippen LogP contribution in [0.25, 0.3) is 0 Å². The molecule has 4 amide bonds. The Bertz CT molecular complexity index is 1480. The van der Waals surface area contributed by atoms with Crippen molar-refractivity contribution in [2.75, 3.05) is 25.0 Å². The Morgan fingerprint density at radius 3 is 2.69 bits per heavy atom. The van der Waals surface area contributed by atoms with Crippen molar-refractivity contribution in [3.05, 3.63) is 58.1 Å². The highest BCUT2D eigenvalue weighted by atomic mass is 19.3. The van der Waals surface area contributed by atoms with Crippen molar-refractivity contribution in [2.45, 2.75) is 56.2 Å². The van der Waals surface area contributed by atoms with Crippen LogP contribution in [0.2, 0.25) is 0 Å². The predicted octanol–water partition coefficient (Wildman–Crippen LogP) is 2.11. The van der Waals surface area contributed by atoms with Gasteiger partial charge in [-0.05, 0) is 42.6 Å². The average Bonchev–Trinajstić information content (AvgIpc) is 3.55. The van der Waals surface area contributed by atoms with E-state index in [0.29, 0.717) is 42.0 Å². The molecule has 2 atom stereocenters. The molecule has 2 saturated heterocycles. The first-order chi connectivity index (χ1) is 18.6. The molecule has 1 unspecified atom stereocenters. The number of carbonyl (C=O) groups excluding carboxylic acids is 4. The van der Waals surface area contributed by atoms with Crippen molar-refractivity contribution < 1.29 is 32.7 Å². The molecule has 5 heterocycles. The number of carbonyl (C=O) groups is 4. The molecule has 0 saturated carbocycles. The lowest BCUT2D eigenvalue weighted by atomic mass is 9.71. The minimum absolute atomic E-state index is 0.0677. The molecule has 0 aliphatic carbocycles. The Balaban J connectivity index is 1.12.